The maximum atomic E-state index is 3.99. The Bertz CT molecular complexity index is 140. The highest BCUT2D eigenvalue weighted by atomic mass is 14.3. The first-order valence-corrected chi connectivity index (χ1v) is 5.86. The van der Waals surface area contributed by atoms with Gasteiger partial charge in [-0.05, 0) is 37.0 Å². The molecule has 0 bridgehead atoms. The minimum Gasteiger partial charge on any atom is -0.103 e. The smallest absolute Gasteiger partial charge is 0.0205 e. The minimum absolute atomic E-state index is 0.792. The summed E-state index contributed by atoms with van der Waals surface area (Å²) in [4.78, 5) is 0. The van der Waals surface area contributed by atoms with Gasteiger partial charge in [0.1, 0.15) is 0 Å². The van der Waals surface area contributed by atoms with E-state index in [1.807, 2.05) is 0 Å². The average Bonchev–Trinajstić information content (AvgIpc) is 2.15. The van der Waals surface area contributed by atoms with E-state index in [0.29, 0.717) is 0 Å². The van der Waals surface area contributed by atoms with E-state index in [2.05, 4.69) is 26.5 Å². The van der Waals surface area contributed by atoms with Crippen molar-refractivity contribution >= 4 is 0 Å². The molecule has 0 aromatic heterocycles. The molecule has 1 unspecified atom stereocenters. The van der Waals surface area contributed by atoms with Gasteiger partial charge in [-0.1, -0.05) is 39.2 Å². The van der Waals surface area contributed by atoms with Crippen molar-refractivity contribution in [1.82, 2.24) is 0 Å². The highest BCUT2D eigenvalue weighted by molar-refractivity contribution is 4.86. The molecule has 1 saturated carbocycles. The fraction of sp³-hybridized carbons (Fsp3) is 0.846. The molecule has 1 aliphatic rings. The molecule has 0 saturated heterocycles. The monoisotopic (exact) mass is 180 g/mol. The lowest BCUT2D eigenvalue weighted by Gasteiger charge is -2.29. The molecule has 0 heterocycles. The summed E-state index contributed by atoms with van der Waals surface area (Å²) in [6.45, 7) is 8.63. The van der Waals surface area contributed by atoms with E-state index < -0.39 is 0 Å². The second-order valence-corrected chi connectivity index (χ2v) is 4.93. The Morgan fingerprint density at radius 2 is 1.85 bits per heavy atom. The lowest BCUT2D eigenvalue weighted by Crippen LogP contribution is -2.17. The Morgan fingerprint density at radius 3 is 2.31 bits per heavy atom. The van der Waals surface area contributed by atoms with Crippen molar-refractivity contribution in [2.45, 2.75) is 52.4 Å². The molecule has 0 N–H and O–H groups in total. The SMILES string of the molecule is C=CC(CC(C)C)C1CCCCC1. The third-order valence-corrected chi connectivity index (χ3v) is 3.30. The Hall–Kier alpha value is -0.260. The Balaban J connectivity index is 2.39. The van der Waals surface area contributed by atoms with Crippen molar-refractivity contribution in [3.05, 3.63) is 12.7 Å². The zero-order valence-corrected chi connectivity index (χ0v) is 9.26. The van der Waals surface area contributed by atoms with Crippen molar-refractivity contribution in [2.75, 3.05) is 0 Å². The van der Waals surface area contributed by atoms with Crippen LogP contribution in [0.1, 0.15) is 52.4 Å². The van der Waals surface area contributed by atoms with Crippen LogP contribution in [0.4, 0.5) is 0 Å². The molecular weight excluding hydrogens is 156 g/mol. The predicted octanol–water partition coefficient (Wildman–Crippen LogP) is 4.42. The zero-order chi connectivity index (χ0) is 9.68. The van der Waals surface area contributed by atoms with Gasteiger partial charge in [-0.2, -0.15) is 0 Å². The van der Waals surface area contributed by atoms with Crippen LogP contribution in [0, 0.1) is 17.8 Å². The molecule has 1 fully saturated rings. The van der Waals surface area contributed by atoms with Crippen LogP contribution in [0.5, 0.6) is 0 Å². The molecule has 1 rings (SSSR count). The molecule has 13 heavy (non-hydrogen) atoms. The normalized spacial score (nSPS) is 21.8. The van der Waals surface area contributed by atoms with Crippen LogP contribution in [-0.4, -0.2) is 0 Å². The molecule has 0 amide bonds. The van der Waals surface area contributed by atoms with Crippen molar-refractivity contribution in [3.63, 3.8) is 0 Å². The summed E-state index contributed by atoms with van der Waals surface area (Å²) in [5.41, 5.74) is 0. The fourth-order valence-electron chi connectivity index (χ4n) is 2.59. The maximum Gasteiger partial charge on any atom is -0.0205 e. The van der Waals surface area contributed by atoms with Gasteiger partial charge in [0, 0.05) is 0 Å². The van der Waals surface area contributed by atoms with E-state index >= 15 is 0 Å². The maximum absolute atomic E-state index is 3.99. The molecule has 0 aromatic rings. The van der Waals surface area contributed by atoms with Gasteiger partial charge in [-0.3, -0.25) is 0 Å². The number of hydrogen-bond donors (Lipinski definition) is 0. The van der Waals surface area contributed by atoms with Gasteiger partial charge in [0.25, 0.3) is 0 Å². The molecule has 0 heteroatoms. The van der Waals surface area contributed by atoms with E-state index in [1.54, 1.807) is 0 Å². The third kappa shape index (κ3) is 3.54. The Kier molecular flexibility index (Phi) is 4.55. The van der Waals surface area contributed by atoms with Gasteiger partial charge in [0.2, 0.25) is 0 Å². The van der Waals surface area contributed by atoms with Crippen LogP contribution in [0.15, 0.2) is 12.7 Å². The van der Waals surface area contributed by atoms with Gasteiger partial charge in [0.15, 0.2) is 0 Å². The zero-order valence-electron chi connectivity index (χ0n) is 9.26. The van der Waals surface area contributed by atoms with Crippen LogP contribution < -0.4 is 0 Å². The van der Waals surface area contributed by atoms with Crippen molar-refractivity contribution in [3.8, 4) is 0 Å². The van der Waals surface area contributed by atoms with Crippen LogP contribution in [0.25, 0.3) is 0 Å². The Labute approximate surface area is 83.4 Å². The van der Waals surface area contributed by atoms with Crippen molar-refractivity contribution in [2.24, 2.45) is 17.8 Å². The lowest BCUT2D eigenvalue weighted by atomic mass is 9.77. The topological polar surface area (TPSA) is 0 Å². The second-order valence-electron chi connectivity index (χ2n) is 4.93. The van der Waals surface area contributed by atoms with Crippen molar-refractivity contribution < 1.29 is 0 Å². The molecule has 76 valence electrons. The number of allylic oxidation sites excluding steroid dienone is 1. The highest BCUT2D eigenvalue weighted by Gasteiger charge is 2.21. The van der Waals surface area contributed by atoms with Gasteiger partial charge in [-0.25, -0.2) is 0 Å². The van der Waals surface area contributed by atoms with Crippen LogP contribution in [0.2, 0.25) is 0 Å². The first-order chi connectivity index (χ1) is 6.24. The summed E-state index contributed by atoms with van der Waals surface area (Å²) in [5.74, 6) is 2.57. The van der Waals surface area contributed by atoms with Crippen molar-refractivity contribution in [1.29, 1.82) is 0 Å². The van der Waals surface area contributed by atoms with Gasteiger partial charge < -0.3 is 0 Å². The number of hydrogen-bond acceptors (Lipinski definition) is 0. The predicted molar refractivity (Wildman–Crippen MR) is 59.7 cm³/mol. The van der Waals surface area contributed by atoms with E-state index in [9.17, 15) is 0 Å². The molecular formula is C13H24. The summed E-state index contributed by atoms with van der Waals surface area (Å²) < 4.78 is 0. The molecule has 0 radical (unpaired) electrons. The van der Waals surface area contributed by atoms with Gasteiger partial charge in [-0.15, -0.1) is 6.58 Å². The fourth-order valence-corrected chi connectivity index (χ4v) is 2.59. The first-order valence-electron chi connectivity index (χ1n) is 5.86. The minimum atomic E-state index is 0.792. The Morgan fingerprint density at radius 1 is 1.23 bits per heavy atom. The summed E-state index contributed by atoms with van der Waals surface area (Å²) in [5, 5.41) is 0. The molecule has 1 atom stereocenters. The molecule has 0 spiro atoms. The standard InChI is InChI=1S/C13H24/c1-4-12(10-11(2)3)13-8-6-5-7-9-13/h4,11-13H,1,5-10H2,2-3H3. The summed E-state index contributed by atoms with van der Waals surface area (Å²) in [6, 6.07) is 0. The first kappa shape index (κ1) is 10.8. The average molecular weight is 180 g/mol. The molecule has 0 nitrogen and oxygen atoms in total. The number of rotatable bonds is 4. The van der Waals surface area contributed by atoms with Crippen LogP contribution in [0.3, 0.4) is 0 Å². The largest absolute Gasteiger partial charge is 0.103 e. The highest BCUT2D eigenvalue weighted by Crippen LogP contribution is 2.33. The summed E-state index contributed by atoms with van der Waals surface area (Å²) >= 11 is 0. The third-order valence-electron chi connectivity index (χ3n) is 3.30. The molecule has 1 aliphatic carbocycles. The van der Waals surface area contributed by atoms with Crippen LogP contribution >= 0.6 is 0 Å². The van der Waals surface area contributed by atoms with E-state index in [4.69, 9.17) is 0 Å². The van der Waals surface area contributed by atoms with Gasteiger partial charge >= 0.3 is 0 Å². The van der Waals surface area contributed by atoms with Crippen LogP contribution in [-0.2, 0) is 0 Å². The lowest BCUT2D eigenvalue weighted by molar-refractivity contribution is 0.258. The van der Waals surface area contributed by atoms with E-state index in [1.165, 1.54) is 38.5 Å². The summed E-state index contributed by atoms with van der Waals surface area (Å²) in [6.07, 6.45) is 10.8. The van der Waals surface area contributed by atoms with E-state index in [0.717, 1.165) is 17.8 Å². The second kappa shape index (κ2) is 5.47. The quantitative estimate of drug-likeness (QED) is 0.562. The molecule has 0 aromatic carbocycles. The van der Waals surface area contributed by atoms with Gasteiger partial charge in [0.05, 0.1) is 0 Å². The molecule has 0 aliphatic heterocycles. The summed E-state index contributed by atoms with van der Waals surface area (Å²) in [7, 11) is 0. The van der Waals surface area contributed by atoms with E-state index in [-0.39, 0.29) is 0 Å².